The summed E-state index contributed by atoms with van der Waals surface area (Å²) in [7, 11) is 0. The second kappa shape index (κ2) is 3.96. The van der Waals surface area contributed by atoms with Crippen molar-refractivity contribution in [2.45, 2.75) is 26.3 Å². The summed E-state index contributed by atoms with van der Waals surface area (Å²) in [5, 5.41) is 3.31. The molecule has 2 rings (SSSR count). The van der Waals surface area contributed by atoms with Crippen molar-refractivity contribution in [2.24, 2.45) is 10.7 Å². The lowest BCUT2D eigenvalue weighted by molar-refractivity contribution is -0.117. The highest BCUT2D eigenvalue weighted by Crippen LogP contribution is 2.24. The summed E-state index contributed by atoms with van der Waals surface area (Å²) in [6.45, 7) is 4.11. The Bertz CT molecular complexity index is 463. The fourth-order valence-corrected chi connectivity index (χ4v) is 1.87. The van der Waals surface area contributed by atoms with Crippen LogP contribution in [-0.2, 0) is 11.2 Å². The molecule has 0 fully saturated rings. The van der Waals surface area contributed by atoms with Gasteiger partial charge in [0, 0.05) is 17.3 Å². The first-order chi connectivity index (χ1) is 7.58. The molecule has 0 radical (unpaired) electrons. The van der Waals surface area contributed by atoms with Crippen LogP contribution >= 0.6 is 0 Å². The van der Waals surface area contributed by atoms with Gasteiger partial charge in [-0.3, -0.25) is 4.79 Å². The summed E-state index contributed by atoms with van der Waals surface area (Å²) in [6.07, 6.45) is 0.337. The molecule has 16 heavy (non-hydrogen) atoms. The van der Waals surface area contributed by atoms with Crippen molar-refractivity contribution in [2.75, 3.05) is 5.32 Å². The molecular formula is C12H15N3O. The fraction of sp³-hybridized carbons (Fsp3) is 0.333. The van der Waals surface area contributed by atoms with E-state index in [0.29, 0.717) is 18.3 Å². The molecule has 0 aromatic heterocycles. The maximum atomic E-state index is 11.3. The van der Waals surface area contributed by atoms with Crippen LogP contribution in [0, 0.1) is 0 Å². The number of rotatable bonds is 2. The summed E-state index contributed by atoms with van der Waals surface area (Å²) >= 11 is 0. The molecule has 0 spiro atoms. The highest BCUT2D eigenvalue weighted by atomic mass is 16.1. The Hall–Kier alpha value is -1.84. The van der Waals surface area contributed by atoms with Gasteiger partial charge in [0.2, 0.25) is 0 Å². The molecule has 1 aromatic rings. The van der Waals surface area contributed by atoms with Crippen molar-refractivity contribution in [1.82, 2.24) is 0 Å². The van der Waals surface area contributed by atoms with Crippen LogP contribution in [0.3, 0.4) is 0 Å². The third-order valence-corrected chi connectivity index (χ3v) is 2.44. The van der Waals surface area contributed by atoms with Crippen LogP contribution in [0.15, 0.2) is 23.2 Å². The lowest BCUT2D eigenvalue weighted by Gasteiger charge is -2.19. The number of amidine groups is 1. The maximum Gasteiger partial charge on any atom is 0.252 e. The normalized spacial score (nSPS) is 14.7. The van der Waals surface area contributed by atoms with Crippen molar-refractivity contribution in [1.29, 1.82) is 0 Å². The SMILES string of the molecule is CC(C)Nc1cccc2c1C(N)=NC(=O)C2. The standard InChI is InChI=1S/C12H15N3O/c1-7(2)14-9-5-3-4-8-6-10(16)15-12(13)11(8)9/h3-5,7,14H,6H2,1-2H3,(H2,13,15,16). The number of hydrogen-bond acceptors (Lipinski definition) is 3. The van der Waals surface area contributed by atoms with Crippen LogP contribution in [0.4, 0.5) is 5.69 Å². The summed E-state index contributed by atoms with van der Waals surface area (Å²) in [4.78, 5) is 15.1. The Morgan fingerprint density at radius 2 is 2.19 bits per heavy atom. The smallest absolute Gasteiger partial charge is 0.252 e. The van der Waals surface area contributed by atoms with Gasteiger partial charge in [0.05, 0.1) is 6.42 Å². The fourth-order valence-electron chi connectivity index (χ4n) is 1.87. The van der Waals surface area contributed by atoms with Gasteiger partial charge in [-0.05, 0) is 25.5 Å². The molecule has 0 saturated carbocycles. The number of carbonyl (C=O) groups excluding carboxylic acids is 1. The van der Waals surface area contributed by atoms with Crippen LogP contribution < -0.4 is 11.1 Å². The highest BCUT2D eigenvalue weighted by molar-refractivity contribution is 6.12. The van der Waals surface area contributed by atoms with Gasteiger partial charge in [-0.25, -0.2) is 0 Å². The van der Waals surface area contributed by atoms with Crippen LogP contribution in [0.5, 0.6) is 0 Å². The van der Waals surface area contributed by atoms with Crippen molar-refractivity contribution in [3.05, 3.63) is 29.3 Å². The van der Waals surface area contributed by atoms with E-state index in [0.717, 1.165) is 16.8 Å². The zero-order valence-electron chi connectivity index (χ0n) is 9.45. The molecule has 1 amide bonds. The third-order valence-electron chi connectivity index (χ3n) is 2.44. The lowest BCUT2D eigenvalue weighted by Crippen LogP contribution is -2.26. The number of carbonyl (C=O) groups is 1. The first-order valence-electron chi connectivity index (χ1n) is 5.33. The summed E-state index contributed by atoms with van der Waals surface area (Å²) in [6, 6.07) is 6.11. The topological polar surface area (TPSA) is 67.5 Å². The van der Waals surface area contributed by atoms with E-state index in [-0.39, 0.29) is 5.91 Å². The van der Waals surface area contributed by atoms with E-state index in [9.17, 15) is 4.79 Å². The monoisotopic (exact) mass is 217 g/mol. The van der Waals surface area contributed by atoms with Gasteiger partial charge >= 0.3 is 0 Å². The highest BCUT2D eigenvalue weighted by Gasteiger charge is 2.20. The van der Waals surface area contributed by atoms with E-state index in [1.165, 1.54) is 0 Å². The predicted molar refractivity (Wildman–Crippen MR) is 64.6 cm³/mol. The molecule has 0 unspecified atom stereocenters. The molecule has 0 saturated heterocycles. The number of amides is 1. The Morgan fingerprint density at radius 3 is 2.88 bits per heavy atom. The minimum atomic E-state index is -0.174. The van der Waals surface area contributed by atoms with Crippen LogP contribution in [-0.4, -0.2) is 17.8 Å². The molecule has 1 aliphatic heterocycles. The van der Waals surface area contributed by atoms with Gasteiger partial charge in [0.25, 0.3) is 5.91 Å². The van der Waals surface area contributed by atoms with Gasteiger partial charge in [-0.15, -0.1) is 0 Å². The number of aliphatic imine (C=N–C) groups is 1. The quantitative estimate of drug-likeness (QED) is 0.784. The van der Waals surface area contributed by atoms with E-state index in [2.05, 4.69) is 24.2 Å². The van der Waals surface area contributed by atoms with Gasteiger partial charge in [-0.1, -0.05) is 12.1 Å². The number of anilines is 1. The number of nitrogens with one attached hydrogen (secondary N) is 1. The molecule has 1 aromatic carbocycles. The minimum absolute atomic E-state index is 0.174. The molecule has 1 heterocycles. The number of fused-ring (bicyclic) bond motifs is 1. The predicted octanol–water partition coefficient (Wildman–Crippen LogP) is 1.29. The third kappa shape index (κ3) is 1.91. The molecule has 0 bridgehead atoms. The first-order valence-corrected chi connectivity index (χ1v) is 5.33. The number of hydrogen-bond donors (Lipinski definition) is 2. The molecular weight excluding hydrogens is 202 g/mol. The van der Waals surface area contributed by atoms with Crippen LogP contribution in [0.1, 0.15) is 25.0 Å². The molecule has 0 aliphatic carbocycles. The zero-order valence-corrected chi connectivity index (χ0v) is 9.45. The molecule has 0 atom stereocenters. The average molecular weight is 217 g/mol. The Balaban J connectivity index is 2.49. The second-order valence-electron chi connectivity index (χ2n) is 4.21. The Labute approximate surface area is 94.6 Å². The van der Waals surface area contributed by atoms with Crippen molar-refractivity contribution < 1.29 is 4.79 Å². The van der Waals surface area contributed by atoms with E-state index in [1.807, 2.05) is 18.2 Å². The van der Waals surface area contributed by atoms with Crippen molar-refractivity contribution in [3.8, 4) is 0 Å². The average Bonchev–Trinajstić information content (AvgIpc) is 2.15. The van der Waals surface area contributed by atoms with Crippen LogP contribution in [0.25, 0.3) is 0 Å². The summed E-state index contributed by atoms with van der Waals surface area (Å²) in [5.74, 6) is 0.140. The molecule has 84 valence electrons. The molecule has 4 nitrogen and oxygen atoms in total. The lowest BCUT2D eigenvalue weighted by atomic mass is 9.98. The summed E-state index contributed by atoms with van der Waals surface area (Å²) in [5.41, 5.74) is 8.57. The van der Waals surface area contributed by atoms with E-state index >= 15 is 0 Å². The second-order valence-corrected chi connectivity index (χ2v) is 4.21. The largest absolute Gasteiger partial charge is 0.383 e. The number of nitrogens with zero attached hydrogens (tertiary/aromatic N) is 1. The molecule has 1 aliphatic rings. The van der Waals surface area contributed by atoms with E-state index < -0.39 is 0 Å². The zero-order chi connectivity index (χ0) is 11.7. The van der Waals surface area contributed by atoms with Gasteiger partial charge in [0.1, 0.15) is 5.84 Å². The Morgan fingerprint density at radius 1 is 1.44 bits per heavy atom. The molecule has 3 N–H and O–H groups in total. The molecule has 4 heteroatoms. The first kappa shape index (κ1) is 10.7. The van der Waals surface area contributed by atoms with Crippen molar-refractivity contribution in [3.63, 3.8) is 0 Å². The summed E-state index contributed by atoms with van der Waals surface area (Å²) < 4.78 is 0. The Kier molecular flexibility index (Phi) is 2.64. The van der Waals surface area contributed by atoms with Gasteiger partial charge in [-0.2, -0.15) is 4.99 Å². The van der Waals surface area contributed by atoms with Gasteiger partial charge in [0.15, 0.2) is 0 Å². The number of benzene rings is 1. The van der Waals surface area contributed by atoms with Crippen LogP contribution in [0.2, 0.25) is 0 Å². The van der Waals surface area contributed by atoms with E-state index in [1.54, 1.807) is 0 Å². The number of nitrogens with two attached hydrogens (primary N) is 1. The van der Waals surface area contributed by atoms with E-state index in [4.69, 9.17) is 5.73 Å². The van der Waals surface area contributed by atoms with Gasteiger partial charge < -0.3 is 11.1 Å². The van der Waals surface area contributed by atoms with Crippen molar-refractivity contribution >= 4 is 17.4 Å². The maximum absolute atomic E-state index is 11.3. The minimum Gasteiger partial charge on any atom is -0.383 e.